The number of nitrogens with zero attached hydrogens (tertiary/aromatic N) is 4. The summed E-state index contributed by atoms with van der Waals surface area (Å²) in [5, 5.41) is 23.4. The number of hydrogen-bond acceptors (Lipinski definition) is 8. The fraction of sp³-hybridized carbons (Fsp3) is 0.593. The van der Waals surface area contributed by atoms with Crippen LogP contribution in [0.2, 0.25) is 0 Å². The molecule has 0 amide bonds. The highest BCUT2D eigenvalue weighted by Crippen LogP contribution is 2.32. The Morgan fingerprint density at radius 3 is 2.32 bits per heavy atom. The van der Waals surface area contributed by atoms with Crippen molar-refractivity contribution < 1.29 is 23.4 Å². The van der Waals surface area contributed by atoms with Crippen molar-refractivity contribution in [3.05, 3.63) is 35.8 Å². The van der Waals surface area contributed by atoms with Gasteiger partial charge in [0.25, 0.3) is 0 Å². The van der Waals surface area contributed by atoms with Crippen LogP contribution in [0.25, 0.3) is 0 Å². The van der Waals surface area contributed by atoms with Crippen LogP contribution in [-0.4, -0.2) is 58.9 Å². The highest BCUT2D eigenvalue weighted by Gasteiger charge is 2.26. The molecule has 38 heavy (non-hydrogen) atoms. The zero-order valence-electron chi connectivity index (χ0n) is 22.7. The summed E-state index contributed by atoms with van der Waals surface area (Å²) in [6.45, 7) is 9.30. The first-order valence-corrected chi connectivity index (χ1v) is 13.1. The molecule has 0 bridgehead atoms. The molecule has 1 aliphatic rings. The second-order valence-corrected chi connectivity index (χ2v) is 9.58. The number of hydrogen-bond donors (Lipinski definition) is 4. The Morgan fingerprint density at radius 2 is 1.76 bits per heavy atom. The zero-order chi connectivity index (χ0) is 28.2. The lowest BCUT2D eigenvalue weighted by atomic mass is 9.92. The third-order valence-corrected chi connectivity index (χ3v) is 6.95. The molecule has 11 heteroatoms. The standard InChI is InChI=1S/C26H37F3N6O.CH4O/c1-5-18(17(3)36)11-16(2)35(15-32-24-21(28)12-19(27)13-22(24)29)25-23(30-4)14-31-26(34-25)33-20-9-7-6-8-10-20;1-2/h12-14,16-18,20,32,36H,4-11,15H2,1-3H3,(H,31,33,34);2H,1H3. The Hall–Kier alpha value is -2.92. The van der Waals surface area contributed by atoms with Gasteiger partial charge in [-0.3, -0.25) is 4.99 Å². The van der Waals surface area contributed by atoms with E-state index in [0.717, 1.165) is 39.2 Å². The van der Waals surface area contributed by atoms with Crippen molar-refractivity contribution in [1.29, 1.82) is 0 Å². The summed E-state index contributed by atoms with van der Waals surface area (Å²) in [6.07, 6.45) is 8.00. The molecule has 1 aromatic carbocycles. The van der Waals surface area contributed by atoms with Gasteiger partial charge in [-0.2, -0.15) is 4.98 Å². The van der Waals surface area contributed by atoms with Crippen molar-refractivity contribution in [3.63, 3.8) is 0 Å². The molecule has 0 saturated heterocycles. The van der Waals surface area contributed by atoms with Gasteiger partial charge in [-0.25, -0.2) is 18.2 Å². The van der Waals surface area contributed by atoms with Gasteiger partial charge in [0.1, 0.15) is 17.2 Å². The monoisotopic (exact) mass is 538 g/mol. The molecule has 1 heterocycles. The van der Waals surface area contributed by atoms with Crippen molar-refractivity contribution >= 4 is 29.9 Å². The molecule has 3 atom stereocenters. The molecule has 1 aliphatic carbocycles. The lowest BCUT2D eigenvalue weighted by molar-refractivity contribution is 0.113. The van der Waals surface area contributed by atoms with E-state index in [1.807, 2.05) is 18.7 Å². The molecule has 212 valence electrons. The number of nitrogens with one attached hydrogen (secondary N) is 2. The zero-order valence-corrected chi connectivity index (χ0v) is 22.7. The molecule has 2 aromatic rings. The maximum absolute atomic E-state index is 14.3. The minimum absolute atomic E-state index is 0.00334. The molecule has 1 saturated carbocycles. The normalized spacial score (nSPS) is 16.0. The lowest BCUT2D eigenvalue weighted by Gasteiger charge is -2.34. The summed E-state index contributed by atoms with van der Waals surface area (Å²) in [4.78, 5) is 15.0. The molecule has 4 N–H and O–H groups in total. The van der Waals surface area contributed by atoms with Gasteiger partial charge in [0.2, 0.25) is 5.95 Å². The maximum Gasteiger partial charge on any atom is 0.224 e. The van der Waals surface area contributed by atoms with Crippen LogP contribution in [0.15, 0.2) is 23.3 Å². The quantitative estimate of drug-likeness (QED) is 0.205. The van der Waals surface area contributed by atoms with Crippen molar-refractivity contribution in [2.75, 3.05) is 29.3 Å². The van der Waals surface area contributed by atoms with Gasteiger partial charge in [-0.1, -0.05) is 32.6 Å². The van der Waals surface area contributed by atoms with E-state index in [1.165, 1.54) is 6.42 Å². The minimum Gasteiger partial charge on any atom is -0.400 e. The van der Waals surface area contributed by atoms with E-state index in [-0.39, 0.29) is 24.7 Å². The first-order chi connectivity index (χ1) is 18.2. The highest BCUT2D eigenvalue weighted by molar-refractivity contribution is 5.66. The first kappa shape index (κ1) is 31.3. The van der Waals surface area contributed by atoms with Gasteiger partial charge in [0.05, 0.1) is 19.0 Å². The number of anilines is 3. The number of aliphatic imine (C=N–C) groups is 1. The predicted octanol–water partition coefficient (Wildman–Crippen LogP) is 5.64. The molecule has 0 aliphatic heterocycles. The topological polar surface area (TPSA) is 106 Å². The summed E-state index contributed by atoms with van der Waals surface area (Å²) >= 11 is 0. The van der Waals surface area contributed by atoms with Crippen LogP contribution in [0, 0.1) is 23.4 Å². The Balaban J connectivity index is 0.00000247. The summed E-state index contributed by atoms with van der Waals surface area (Å²) in [6, 6.07) is 1.34. The van der Waals surface area contributed by atoms with Crippen molar-refractivity contribution in [2.45, 2.75) is 83.9 Å². The largest absolute Gasteiger partial charge is 0.400 e. The number of aliphatic hydroxyl groups is 2. The van der Waals surface area contributed by atoms with E-state index in [9.17, 15) is 18.3 Å². The Bertz CT molecular complexity index is 997. The SMILES string of the molecule is C=Nc1cnc(NC2CCCCC2)nc1N(CNc1c(F)cc(F)cc1F)C(C)CC(CC)C(C)O.CO. The summed E-state index contributed by atoms with van der Waals surface area (Å²) < 4.78 is 42.1. The molecule has 3 unspecified atom stereocenters. The average molecular weight is 539 g/mol. The molecule has 0 radical (unpaired) electrons. The molecule has 1 fully saturated rings. The van der Waals surface area contributed by atoms with Gasteiger partial charge in [-0.05, 0) is 45.7 Å². The number of halogens is 3. The van der Waals surface area contributed by atoms with Crippen molar-refractivity contribution in [3.8, 4) is 0 Å². The fourth-order valence-electron chi connectivity index (χ4n) is 4.77. The van der Waals surface area contributed by atoms with E-state index in [1.54, 1.807) is 13.1 Å². The molecule has 3 rings (SSSR count). The van der Waals surface area contributed by atoms with Gasteiger partial charge >= 0.3 is 0 Å². The third kappa shape index (κ3) is 8.56. The van der Waals surface area contributed by atoms with E-state index in [0.29, 0.717) is 36.0 Å². The number of aliphatic hydroxyl groups excluding tert-OH is 2. The van der Waals surface area contributed by atoms with Crippen LogP contribution >= 0.6 is 0 Å². The summed E-state index contributed by atoms with van der Waals surface area (Å²) in [5.74, 6) is -2.15. The van der Waals surface area contributed by atoms with Gasteiger partial charge in [0, 0.05) is 31.3 Å². The molecule has 1 aromatic heterocycles. The van der Waals surface area contributed by atoms with E-state index < -0.39 is 29.2 Å². The van der Waals surface area contributed by atoms with Crippen molar-refractivity contribution in [2.24, 2.45) is 10.9 Å². The average Bonchev–Trinajstić information content (AvgIpc) is 2.90. The second-order valence-electron chi connectivity index (χ2n) is 9.58. The molecular formula is C27H41F3N6O2. The van der Waals surface area contributed by atoms with E-state index >= 15 is 0 Å². The van der Waals surface area contributed by atoms with Crippen LogP contribution in [-0.2, 0) is 0 Å². The summed E-state index contributed by atoms with van der Waals surface area (Å²) in [5.41, 5.74) is -0.0121. The highest BCUT2D eigenvalue weighted by atomic mass is 19.1. The number of aromatic nitrogens is 2. The Kier molecular flexibility index (Phi) is 12.8. The molecule has 8 nitrogen and oxygen atoms in total. The predicted molar refractivity (Wildman–Crippen MR) is 147 cm³/mol. The Morgan fingerprint density at radius 1 is 1.13 bits per heavy atom. The van der Waals surface area contributed by atoms with Gasteiger partial charge in [-0.15, -0.1) is 0 Å². The van der Waals surface area contributed by atoms with E-state index in [2.05, 4.69) is 27.3 Å². The molecule has 0 spiro atoms. The smallest absolute Gasteiger partial charge is 0.224 e. The summed E-state index contributed by atoms with van der Waals surface area (Å²) in [7, 11) is 1.00. The third-order valence-electron chi connectivity index (χ3n) is 6.95. The van der Waals surface area contributed by atoms with Crippen LogP contribution < -0.4 is 15.5 Å². The van der Waals surface area contributed by atoms with Crippen LogP contribution in [0.1, 0.15) is 65.7 Å². The second kappa shape index (κ2) is 15.5. The van der Waals surface area contributed by atoms with Crippen LogP contribution in [0.5, 0.6) is 0 Å². The number of benzene rings is 1. The fourth-order valence-corrected chi connectivity index (χ4v) is 4.77. The maximum atomic E-state index is 14.3. The van der Waals surface area contributed by atoms with Gasteiger partial charge < -0.3 is 25.7 Å². The number of rotatable bonds is 12. The van der Waals surface area contributed by atoms with Crippen LogP contribution in [0.3, 0.4) is 0 Å². The van der Waals surface area contributed by atoms with E-state index in [4.69, 9.17) is 10.1 Å². The van der Waals surface area contributed by atoms with Crippen molar-refractivity contribution in [1.82, 2.24) is 9.97 Å². The first-order valence-electron chi connectivity index (χ1n) is 13.1. The lowest BCUT2D eigenvalue weighted by Crippen LogP contribution is -2.40. The molecular weight excluding hydrogens is 497 g/mol. The Labute approximate surface area is 223 Å². The van der Waals surface area contributed by atoms with Gasteiger partial charge in [0.15, 0.2) is 17.5 Å². The van der Waals surface area contributed by atoms with Crippen LogP contribution in [0.4, 0.5) is 36.3 Å². The minimum atomic E-state index is -1.03.